The number of hydrogen-bond donors (Lipinski definition) is 1. The first kappa shape index (κ1) is 13.1. The SMILES string of the molecule is CC.Cc1[nH]c(C(F)F)cc1C(C)C. The zero-order chi connectivity index (χ0) is 11.3. The molecule has 1 aromatic heterocycles. The van der Waals surface area contributed by atoms with Crippen LogP contribution in [0.2, 0.25) is 0 Å². The summed E-state index contributed by atoms with van der Waals surface area (Å²) in [4.78, 5) is 2.68. The third-order valence-electron chi connectivity index (χ3n) is 1.93. The summed E-state index contributed by atoms with van der Waals surface area (Å²) in [6.07, 6.45) is -2.39. The number of alkyl halides is 2. The quantitative estimate of drug-likeness (QED) is 0.732. The summed E-state index contributed by atoms with van der Waals surface area (Å²) in [5.41, 5.74) is 1.85. The highest BCUT2D eigenvalue weighted by atomic mass is 19.3. The zero-order valence-electron chi connectivity index (χ0n) is 9.49. The number of aryl methyl sites for hydroxylation is 1. The molecule has 0 spiro atoms. The summed E-state index contributed by atoms with van der Waals surface area (Å²) in [5, 5.41) is 0. The van der Waals surface area contributed by atoms with E-state index in [-0.39, 0.29) is 5.69 Å². The predicted molar refractivity (Wildman–Crippen MR) is 55.9 cm³/mol. The van der Waals surface area contributed by atoms with Crippen LogP contribution in [-0.2, 0) is 0 Å². The Labute approximate surface area is 84.5 Å². The minimum Gasteiger partial charge on any atom is -0.358 e. The molecule has 14 heavy (non-hydrogen) atoms. The second-order valence-corrected chi connectivity index (χ2v) is 3.26. The van der Waals surface area contributed by atoms with Crippen LogP contribution in [0.25, 0.3) is 0 Å². The number of rotatable bonds is 2. The summed E-state index contributed by atoms with van der Waals surface area (Å²) in [6, 6.07) is 1.55. The van der Waals surface area contributed by atoms with E-state index in [0.717, 1.165) is 11.3 Å². The van der Waals surface area contributed by atoms with Crippen molar-refractivity contribution < 1.29 is 8.78 Å². The molecule has 1 N–H and O–H groups in total. The van der Waals surface area contributed by atoms with Gasteiger partial charge in [0.2, 0.25) is 0 Å². The number of hydrogen-bond acceptors (Lipinski definition) is 0. The van der Waals surface area contributed by atoms with E-state index in [1.54, 1.807) is 6.07 Å². The number of H-pyrrole nitrogens is 1. The molecule has 0 bridgehead atoms. The molecule has 82 valence electrons. The molecule has 0 aliphatic heterocycles. The van der Waals surface area contributed by atoms with Crippen LogP contribution in [0.5, 0.6) is 0 Å². The van der Waals surface area contributed by atoms with Crippen LogP contribution >= 0.6 is 0 Å². The lowest BCUT2D eigenvalue weighted by Gasteiger charge is -2.01. The van der Waals surface area contributed by atoms with E-state index in [4.69, 9.17) is 0 Å². The van der Waals surface area contributed by atoms with Crippen molar-refractivity contribution in [2.45, 2.75) is 47.0 Å². The first-order chi connectivity index (χ1) is 6.52. The largest absolute Gasteiger partial charge is 0.358 e. The van der Waals surface area contributed by atoms with Gasteiger partial charge in [0, 0.05) is 5.69 Å². The van der Waals surface area contributed by atoms with Crippen LogP contribution in [0.4, 0.5) is 8.78 Å². The summed E-state index contributed by atoms with van der Waals surface area (Å²) in [7, 11) is 0. The molecule has 0 fully saturated rings. The van der Waals surface area contributed by atoms with Gasteiger partial charge in [0.05, 0.1) is 5.69 Å². The normalized spacial score (nSPS) is 10.4. The maximum atomic E-state index is 12.2. The monoisotopic (exact) mass is 203 g/mol. The minimum absolute atomic E-state index is 0.0243. The minimum atomic E-state index is -2.39. The predicted octanol–water partition coefficient (Wildman–Crippen LogP) is 4.41. The zero-order valence-corrected chi connectivity index (χ0v) is 9.49. The highest BCUT2D eigenvalue weighted by Crippen LogP contribution is 2.25. The number of halogens is 2. The van der Waals surface area contributed by atoms with Crippen LogP contribution < -0.4 is 0 Å². The molecule has 0 atom stereocenters. The van der Waals surface area contributed by atoms with Gasteiger partial charge in [0.25, 0.3) is 6.43 Å². The van der Waals surface area contributed by atoms with Gasteiger partial charge < -0.3 is 4.98 Å². The van der Waals surface area contributed by atoms with Gasteiger partial charge >= 0.3 is 0 Å². The van der Waals surface area contributed by atoms with Crippen LogP contribution in [-0.4, -0.2) is 4.98 Å². The van der Waals surface area contributed by atoms with E-state index in [1.807, 2.05) is 34.6 Å². The standard InChI is InChI=1S/C9H13F2N.C2H6/c1-5(2)7-4-8(9(10)11)12-6(7)3;1-2/h4-5,9,12H,1-3H3;1-2H3. The molecule has 0 amide bonds. The Morgan fingerprint density at radius 2 is 1.71 bits per heavy atom. The third-order valence-corrected chi connectivity index (χ3v) is 1.93. The molecular weight excluding hydrogens is 184 g/mol. The lowest BCUT2D eigenvalue weighted by Crippen LogP contribution is -1.86. The first-order valence-corrected chi connectivity index (χ1v) is 5.00. The van der Waals surface area contributed by atoms with E-state index in [9.17, 15) is 8.78 Å². The first-order valence-electron chi connectivity index (χ1n) is 5.00. The molecule has 1 rings (SSSR count). The maximum absolute atomic E-state index is 12.2. The highest BCUT2D eigenvalue weighted by Gasteiger charge is 2.13. The topological polar surface area (TPSA) is 15.8 Å². The molecule has 1 nitrogen and oxygen atoms in total. The summed E-state index contributed by atoms with van der Waals surface area (Å²) in [5.74, 6) is 0.300. The number of nitrogens with one attached hydrogen (secondary N) is 1. The molecule has 0 aliphatic rings. The molecular formula is C11H19F2N. The van der Waals surface area contributed by atoms with Crippen molar-refractivity contribution in [3.8, 4) is 0 Å². The van der Waals surface area contributed by atoms with E-state index in [0.29, 0.717) is 5.92 Å². The average Bonchev–Trinajstić information content (AvgIpc) is 2.51. The fourth-order valence-corrected chi connectivity index (χ4v) is 1.32. The van der Waals surface area contributed by atoms with Crippen LogP contribution in [0.3, 0.4) is 0 Å². The second kappa shape index (κ2) is 5.78. The number of aromatic nitrogens is 1. The van der Waals surface area contributed by atoms with Gasteiger partial charge in [-0.05, 0) is 24.5 Å². The van der Waals surface area contributed by atoms with Crippen molar-refractivity contribution in [3.63, 3.8) is 0 Å². The van der Waals surface area contributed by atoms with Gasteiger partial charge in [0.1, 0.15) is 0 Å². The lowest BCUT2D eigenvalue weighted by atomic mass is 10.0. The van der Waals surface area contributed by atoms with Crippen molar-refractivity contribution in [1.29, 1.82) is 0 Å². The van der Waals surface area contributed by atoms with Gasteiger partial charge in [-0.3, -0.25) is 0 Å². The highest BCUT2D eigenvalue weighted by molar-refractivity contribution is 5.28. The molecule has 1 heterocycles. The van der Waals surface area contributed by atoms with Crippen LogP contribution in [0, 0.1) is 6.92 Å². The molecule has 0 saturated heterocycles. The number of aromatic amines is 1. The Bertz CT molecular complexity index is 264. The van der Waals surface area contributed by atoms with Crippen molar-refractivity contribution in [2.75, 3.05) is 0 Å². The fourth-order valence-electron chi connectivity index (χ4n) is 1.32. The van der Waals surface area contributed by atoms with Crippen molar-refractivity contribution >= 4 is 0 Å². The van der Waals surface area contributed by atoms with Gasteiger partial charge in [-0.1, -0.05) is 27.7 Å². The molecule has 1 aromatic rings. The maximum Gasteiger partial charge on any atom is 0.278 e. The average molecular weight is 203 g/mol. The van der Waals surface area contributed by atoms with E-state index in [1.165, 1.54) is 0 Å². The van der Waals surface area contributed by atoms with Crippen molar-refractivity contribution in [2.24, 2.45) is 0 Å². The van der Waals surface area contributed by atoms with Crippen LogP contribution in [0.15, 0.2) is 6.07 Å². The Balaban J connectivity index is 0.000000791. The second-order valence-electron chi connectivity index (χ2n) is 3.26. The fraction of sp³-hybridized carbons (Fsp3) is 0.636. The summed E-state index contributed by atoms with van der Waals surface area (Å²) in [6.45, 7) is 9.80. The summed E-state index contributed by atoms with van der Waals surface area (Å²) >= 11 is 0. The Morgan fingerprint density at radius 3 is 1.93 bits per heavy atom. The van der Waals surface area contributed by atoms with E-state index < -0.39 is 6.43 Å². The van der Waals surface area contributed by atoms with E-state index in [2.05, 4.69) is 4.98 Å². The van der Waals surface area contributed by atoms with Crippen LogP contribution in [0.1, 0.15) is 57.0 Å². The molecule has 3 heteroatoms. The third kappa shape index (κ3) is 3.13. The Kier molecular flexibility index (Phi) is 5.43. The van der Waals surface area contributed by atoms with E-state index >= 15 is 0 Å². The molecule has 0 aliphatic carbocycles. The van der Waals surface area contributed by atoms with Crippen molar-refractivity contribution in [3.05, 3.63) is 23.0 Å². The summed E-state index contributed by atoms with van der Waals surface area (Å²) < 4.78 is 24.4. The van der Waals surface area contributed by atoms with Gasteiger partial charge in [-0.2, -0.15) is 0 Å². The van der Waals surface area contributed by atoms with Gasteiger partial charge in [-0.25, -0.2) is 8.78 Å². The van der Waals surface area contributed by atoms with Gasteiger partial charge in [-0.15, -0.1) is 0 Å². The lowest BCUT2D eigenvalue weighted by molar-refractivity contribution is 0.146. The molecule has 0 unspecified atom stereocenters. The smallest absolute Gasteiger partial charge is 0.278 e. The Morgan fingerprint density at radius 1 is 1.21 bits per heavy atom. The Hall–Kier alpha value is -0.860. The van der Waals surface area contributed by atoms with Gasteiger partial charge in [0.15, 0.2) is 0 Å². The van der Waals surface area contributed by atoms with Crippen molar-refractivity contribution in [1.82, 2.24) is 4.98 Å². The molecule has 0 saturated carbocycles. The molecule has 0 aromatic carbocycles. The molecule has 0 radical (unpaired) electrons.